The predicted octanol–water partition coefficient (Wildman–Crippen LogP) is 2.71. The van der Waals surface area contributed by atoms with Crippen LogP contribution in [0.4, 0.5) is 17.6 Å². The summed E-state index contributed by atoms with van der Waals surface area (Å²) < 4.78 is 58.2. The number of alkyl halides is 3. The lowest BCUT2D eigenvalue weighted by molar-refractivity contribution is -0.143. The van der Waals surface area contributed by atoms with Gasteiger partial charge in [0.15, 0.2) is 5.69 Å². The first-order chi connectivity index (χ1) is 13.1. The second-order valence-electron chi connectivity index (χ2n) is 5.36. The van der Waals surface area contributed by atoms with Crippen molar-refractivity contribution in [1.29, 1.82) is 0 Å². The van der Waals surface area contributed by atoms with Crippen molar-refractivity contribution in [3.8, 4) is 17.3 Å². The summed E-state index contributed by atoms with van der Waals surface area (Å²) in [6, 6.07) is 6.34. The lowest BCUT2D eigenvalue weighted by Gasteiger charge is -2.15. The van der Waals surface area contributed by atoms with Crippen LogP contribution in [0.15, 0.2) is 52.2 Å². The molecule has 3 aromatic rings. The minimum Gasteiger partial charge on any atom is -0.437 e. The molecular weight excluding hydrogens is 408 g/mol. The number of ether oxygens (including phenoxy) is 1. The van der Waals surface area contributed by atoms with Gasteiger partial charge in [0.1, 0.15) is 11.6 Å². The predicted molar refractivity (Wildman–Crippen MR) is 90.7 cm³/mol. The fourth-order valence-electron chi connectivity index (χ4n) is 2.28. The number of benzene rings is 1. The molecule has 0 radical (unpaired) electrons. The average Bonchev–Trinajstić information content (AvgIpc) is 2.61. The van der Waals surface area contributed by atoms with Crippen LogP contribution in [0, 0.1) is 5.82 Å². The summed E-state index contributed by atoms with van der Waals surface area (Å²) in [5, 5.41) is -0.222. The van der Waals surface area contributed by atoms with Crippen molar-refractivity contribution in [3.63, 3.8) is 0 Å². The van der Waals surface area contributed by atoms with Crippen molar-refractivity contribution in [3.05, 3.63) is 80.0 Å². The van der Waals surface area contributed by atoms with Gasteiger partial charge in [-0.05, 0) is 12.1 Å². The van der Waals surface area contributed by atoms with Gasteiger partial charge in [-0.2, -0.15) is 13.2 Å². The van der Waals surface area contributed by atoms with Crippen LogP contribution < -0.4 is 21.8 Å². The Bertz CT molecular complexity index is 1160. The molecule has 0 atom stereocenters. The van der Waals surface area contributed by atoms with Crippen LogP contribution in [0.25, 0.3) is 5.69 Å². The first-order valence-corrected chi connectivity index (χ1v) is 7.77. The van der Waals surface area contributed by atoms with Crippen molar-refractivity contribution in [2.75, 3.05) is 5.84 Å². The molecule has 28 heavy (non-hydrogen) atoms. The second kappa shape index (κ2) is 7.00. The molecule has 2 aromatic heterocycles. The van der Waals surface area contributed by atoms with E-state index in [9.17, 15) is 27.2 Å². The summed E-state index contributed by atoms with van der Waals surface area (Å²) in [7, 11) is 0. The zero-order chi connectivity index (χ0) is 20.6. The number of nitrogens with two attached hydrogens (primary N) is 1. The van der Waals surface area contributed by atoms with Gasteiger partial charge in [0.25, 0.3) is 5.56 Å². The fraction of sp³-hybridized carbons (Fsp3) is 0.0625. The molecule has 0 saturated carbocycles. The Morgan fingerprint density at radius 1 is 1.14 bits per heavy atom. The van der Waals surface area contributed by atoms with Gasteiger partial charge in [0, 0.05) is 24.4 Å². The highest BCUT2D eigenvalue weighted by atomic mass is 35.5. The van der Waals surface area contributed by atoms with E-state index >= 15 is 0 Å². The summed E-state index contributed by atoms with van der Waals surface area (Å²) in [4.78, 5) is 28.2. The molecule has 0 amide bonds. The molecule has 0 aliphatic rings. The van der Waals surface area contributed by atoms with E-state index in [4.69, 9.17) is 22.2 Å². The van der Waals surface area contributed by atoms with Crippen LogP contribution in [0.3, 0.4) is 0 Å². The normalized spacial score (nSPS) is 11.5. The largest absolute Gasteiger partial charge is 0.437 e. The Hall–Kier alpha value is -3.34. The molecule has 0 saturated heterocycles. The molecule has 2 heterocycles. The van der Waals surface area contributed by atoms with Gasteiger partial charge >= 0.3 is 11.9 Å². The fourth-order valence-corrected chi connectivity index (χ4v) is 2.47. The molecule has 0 aliphatic carbocycles. The quantitative estimate of drug-likeness (QED) is 0.523. The number of halogens is 5. The van der Waals surface area contributed by atoms with Crippen LogP contribution in [-0.2, 0) is 6.18 Å². The lowest BCUT2D eigenvalue weighted by Crippen LogP contribution is -2.45. The third-order valence-electron chi connectivity index (χ3n) is 3.52. The monoisotopic (exact) mass is 416 g/mol. The molecular formula is C16H9ClF4N4O3. The van der Waals surface area contributed by atoms with Gasteiger partial charge in [-0.15, -0.1) is 0 Å². The number of hydrogen-bond acceptors (Lipinski definition) is 5. The molecule has 0 spiro atoms. The summed E-state index contributed by atoms with van der Waals surface area (Å²) in [5.74, 6) is 3.88. The summed E-state index contributed by atoms with van der Waals surface area (Å²) in [6.07, 6.45) is -3.65. The van der Waals surface area contributed by atoms with Gasteiger partial charge < -0.3 is 10.6 Å². The maximum absolute atomic E-state index is 14.4. The van der Waals surface area contributed by atoms with Gasteiger partial charge in [-0.25, -0.2) is 23.4 Å². The standard InChI is InChI=1S/C16H9ClF4N4O3/c17-8-5-9(18)10(6-11(8)28-13-3-1-2-4-23-13)24-14(26)7-12(16(19,20)21)25(22)15(24)27/h1-7H,22H2. The number of rotatable bonds is 3. The summed E-state index contributed by atoms with van der Waals surface area (Å²) in [6.45, 7) is 0. The first kappa shape index (κ1) is 19.4. The highest BCUT2D eigenvalue weighted by molar-refractivity contribution is 6.32. The van der Waals surface area contributed by atoms with Crippen LogP contribution in [-0.4, -0.2) is 14.2 Å². The number of nitrogens with zero attached hydrogens (tertiary/aromatic N) is 3. The summed E-state index contributed by atoms with van der Waals surface area (Å²) >= 11 is 5.90. The SMILES string of the molecule is Nn1c(C(F)(F)F)cc(=O)n(-c2cc(Oc3ccccn3)c(Cl)cc2F)c1=O. The Kier molecular flexibility index (Phi) is 4.86. The van der Waals surface area contributed by atoms with E-state index in [2.05, 4.69) is 4.98 Å². The Morgan fingerprint density at radius 2 is 1.86 bits per heavy atom. The third-order valence-corrected chi connectivity index (χ3v) is 3.82. The molecule has 0 bridgehead atoms. The maximum atomic E-state index is 14.4. The number of pyridine rings is 1. The zero-order valence-corrected chi connectivity index (χ0v) is 14.3. The van der Waals surface area contributed by atoms with Crippen LogP contribution >= 0.6 is 11.6 Å². The second-order valence-corrected chi connectivity index (χ2v) is 5.76. The Labute approximate surface area is 158 Å². The Morgan fingerprint density at radius 3 is 2.46 bits per heavy atom. The van der Waals surface area contributed by atoms with E-state index in [0.29, 0.717) is 0 Å². The molecule has 7 nitrogen and oxygen atoms in total. The van der Waals surface area contributed by atoms with Crippen molar-refractivity contribution in [2.24, 2.45) is 0 Å². The zero-order valence-electron chi connectivity index (χ0n) is 13.6. The van der Waals surface area contributed by atoms with E-state index in [0.717, 1.165) is 12.1 Å². The summed E-state index contributed by atoms with van der Waals surface area (Å²) in [5.41, 5.74) is -5.43. The maximum Gasteiger partial charge on any atom is 0.433 e. The first-order valence-electron chi connectivity index (χ1n) is 7.39. The van der Waals surface area contributed by atoms with Crippen molar-refractivity contribution < 1.29 is 22.3 Å². The van der Waals surface area contributed by atoms with E-state index in [-0.39, 0.29) is 32.0 Å². The van der Waals surface area contributed by atoms with Crippen molar-refractivity contribution in [2.45, 2.75) is 6.18 Å². The minimum atomic E-state index is -5.06. The molecule has 12 heteroatoms. The lowest BCUT2D eigenvalue weighted by atomic mass is 10.2. The van der Waals surface area contributed by atoms with E-state index in [1.807, 2.05) is 0 Å². The minimum absolute atomic E-state index is 0.0676. The average molecular weight is 417 g/mol. The van der Waals surface area contributed by atoms with Crippen LogP contribution in [0.1, 0.15) is 5.69 Å². The topological polar surface area (TPSA) is 92.1 Å². The van der Waals surface area contributed by atoms with Gasteiger partial charge in [0.05, 0.1) is 10.7 Å². The molecule has 0 unspecified atom stereocenters. The molecule has 2 N–H and O–H groups in total. The van der Waals surface area contributed by atoms with E-state index < -0.39 is 34.6 Å². The number of aromatic nitrogens is 3. The van der Waals surface area contributed by atoms with Gasteiger partial charge in [-0.1, -0.05) is 17.7 Å². The number of nitrogen functional groups attached to an aromatic ring is 1. The van der Waals surface area contributed by atoms with Crippen LogP contribution in [0.5, 0.6) is 11.6 Å². The van der Waals surface area contributed by atoms with Crippen molar-refractivity contribution in [1.82, 2.24) is 14.2 Å². The molecule has 0 fully saturated rings. The highest BCUT2D eigenvalue weighted by Gasteiger charge is 2.36. The number of hydrogen-bond donors (Lipinski definition) is 1. The van der Waals surface area contributed by atoms with Gasteiger partial charge in [0.2, 0.25) is 5.88 Å². The van der Waals surface area contributed by atoms with E-state index in [1.54, 1.807) is 12.1 Å². The van der Waals surface area contributed by atoms with Crippen LogP contribution in [0.2, 0.25) is 5.02 Å². The molecule has 0 aliphatic heterocycles. The van der Waals surface area contributed by atoms with Gasteiger partial charge in [-0.3, -0.25) is 4.79 Å². The van der Waals surface area contributed by atoms with Crippen molar-refractivity contribution >= 4 is 11.6 Å². The molecule has 146 valence electrons. The smallest absolute Gasteiger partial charge is 0.433 e. The Balaban J connectivity index is 2.20. The highest BCUT2D eigenvalue weighted by Crippen LogP contribution is 2.32. The molecule has 1 aromatic carbocycles. The third kappa shape index (κ3) is 3.56. The molecule has 3 rings (SSSR count). The van der Waals surface area contributed by atoms with E-state index in [1.165, 1.54) is 12.3 Å².